The van der Waals surface area contributed by atoms with Crippen LogP contribution in [0, 0.1) is 33.5 Å². The number of carbonyl (C=O) groups is 2. The molecule has 1 N–H and O–H groups in total. The third-order valence-corrected chi connectivity index (χ3v) is 10.7. The SMILES string of the molecule is O=C1C2C3CC(C2C(=O)N1c1ccccc1)C1C(c2cccnc2)c2sc(=S)[nH]c2SC31. The van der Waals surface area contributed by atoms with Gasteiger partial charge in [-0.3, -0.25) is 19.5 Å². The maximum Gasteiger partial charge on any atom is 0.238 e. The second kappa shape index (κ2) is 6.85. The fourth-order valence-electron chi connectivity index (χ4n) is 6.78. The van der Waals surface area contributed by atoms with E-state index < -0.39 is 0 Å². The molecule has 160 valence electrons. The number of nitrogens with one attached hydrogen (secondary N) is 1. The van der Waals surface area contributed by atoms with E-state index in [0.29, 0.717) is 16.9 Å². The lowest BCUT2D eigenvalue weighted by atomic mass is 9.68. The first-order chi connectivity index (χ1) is 15.6. The first kappa shape index (κ1) is 19.2. The molecule has 1 aromatic carbocycles. The molecule has 0 spiro atoms. The largest absolute Gasteiger partial charge is 0.332 e. The second-order valence-electron chi connectivity index (χ2n) is 9.09. The third-order valence-electron chi connectivity index (χ3n) is 7.78. The van der Waals surface area contributed by atoms with Gasteiger partial charge in [0.1, 0.15) is 0 Å². The van der Waals surface area contributed by atoms with Crippen LogP contribution in [0.1, 0.15) is 22.8 Å². The molecule has 3 fully saturated rings. The number of thioether (sulfide) groups is 1. The molecule has 2 aliphatic carbocycles. The molecular weight excluding hydrogens is 458 g/mol. The molecule has 32 heavy (non-hydrogen) atoms. The van der Waals surface area contributed by atoms with Crippen LogP contribution < -0.4 is 4.90 Å². The van der Waals surface area contributed by atoms with E-state index in [1.165, 1.54) is 15.3 Å². The molecule has 4 aliphatic rings. The van der Waals surface area contributed by atoms with Crippen molar-refractivity contribution in [1.29, 1.82) is 0 Å². The molecule has 2 saturated carbocycles. The van der Waals surface area contributed by atoms with Crippen LogP contribution >= 0.6 is 35.3 Å². The Bertz CT molecular complexity index is 1300. The molecule has 4 heterocycles. The van der Waals surface area contributed by atoms with Crippen molar-refractivity contribution < 1.29 is 9.59 Å². The van der Waals surface area contributed by atoms with E-state index in [1.807, 2.05) is 54.4 Å². The maximum absolute atomic E-state index is 13.6. The molecule has 2 amide bonds. The van der Waals surface area contributed by atoms with Crippen LogP contribution in [0.25, 0.3) is 0 Å². The lowest BCUT2D eigenvalue weighted by molar-refractivity contribution is -0.123. The zero-order valence-corrected chi connectivity index (χ0v) is 19.3. The minimum absolute atomic E-state index is 0.0141. The Balaban J connectivity index is 1.34. The summed E-state index contributed by atoms with van der Waals surface area (Å²) in [6.07, 6.45) is 4.70. The summed E-state index contributed by atoms with van der Waals surface area (Å²) < 4.78 is 0.784. The van der Waals surface area contributed by atoms with Crippen LogP contribution in [0.5, 0.6) is 0 Å². The number of hydrogen-bond donors (Lipinski definition) is 1. The highest BCUT2D eigenvalue weighted by Crippen LogP contribution is 2.68. The number of amides is 2. The van der Waals surface area contributed by atoms with Crippen molar-refractivity contribution in [3.05, 3.63) is 69.3 Å². The Labute approximate surface area is 198 Å². The van der Waals surface area contributed by atoms with Crippen molar-refractivity contribution in [2.24, 2.45) is 29.6 Å². The number of para-hydroxylation sites is 1. The van der Waals surface area contributed by atoms with E-state index in [4.69, 9.17) is 12.2 Å². The van der Waals surface area contributed by atoms with Gasteiger partial charge < -0.3 is 4.98 Å². The molecule has 2 aromatic heterocycles. The van der Waals surface area contributed by atoms with Crippen molar-refractivity contribution in [2.45, 2.75) is 22.6 Å². The topological polar surface area (TPSA) is 66.1 Å². The van der Waals surface area contributed by atoms with Crippen molar-refractivity contribution >= 4 is 52.8 Å². The number of hydrogen-bond acceptors (Lipinski definition) is 6. The molecule has 5 nitrogen and oxygen atoms in total. The predicted octanol–water partition coefficient (Wildman–Crippen LogP) is 4.88. The van der Waals surface area contributed by atoms with E-state index in [0.717, 1.165) is 15.4 Å². The fraction of sp³-hybridized carbons (Fsp3) is 0.333. The highest BCUT2D eigenvalue weighted by Gasteiger charge is 2.69. The van der Waals surface area contributed by atoms with E-state index in [2.05, 4.69) is 16.0 Å². The molecule has 2 aliphatic heterocycles. The Morgan fingerprint density at radius 1 is 1.03 bits per heavy atom. The number of fused-ring (bicyclic) bond motifs is 9. The smallest absolute Gasteiger partial charge is 0.238 e. The van der Waals surface area contributed by atoms with E-state index in [1.54, 1.807) is 17.5 Å². The van der Waals surface area contributed by atoms with Crippen molar-refractivity contribution in [2.75, 3.05) is 4.90 Å². The zero-order chi connectivity index (χ0) is 21.6. The van der Waals surface area contributed by atoms with E-state index in [9.17, 15) is 9.59 Å². The van der Waals surface area contributed by atoms with Crippen molar-refractivity contribution in [1.82, 2.24) is 9.97 Å². The van der Waals surface area contributed by atoms with Gasteiger partial charge in [-0.2, -0.15) is 0 Å². The number of rotatable bonds is 2. The summed E-state index contributed by atoms with van der Waals surface area (Å²) in [5.74, 6) is 0.408. The average Bonchev–Trinajstić information content (AvgIpc) is 3.53. The van der Waals surface area contributed by atoms with Gasteiger partial charge >= 0.3 is 0 Å². The maximum atomic E-state index is 13.6. The van der Waals surface area contributed by atoms with Gasteiger partial charge in [0, 0.05) is 28.4 Å². The minimum Gasteiger partial charge on any atom is -0.332 e. The highest BCUT2D eigenvalue weighted by atomic mass is 32.2. The number of anilines is 1. The summed E-state index contributed by atoms with van der Waals surface area (Å²) in [4.78, 5) is 37.7. The molecule has 8 heteroatoms. The van der Waals surface area contributed by atoms with Crippen molar-refractivity contribution in [3.63, 3.8) is 0 Å². The van der Waals surface area contributed by atoms with Gasteiger partial charge in [0.2, 0.25) is 11.8 Å². The third kappa shape index (κ3) is 2.46. The quantitative estimate of drug-likeness (QED) is 0.421. The first-order valence-corrected chi connectivity index (χ1v) is 13.0. The number of H-pyrrole nitrogens is 1. The minimum atomic E-state index is -0.220. The first-order valence-electron chi connectivity index (χ1n) is 10.9. The van der Waals surface area contributed by atoms with Gasteiger partial charge in [0.15, 0.2) is 3.95 Å². The second-order valence-corrected chi connectivity index (χ2v) is 12.0. The highest BCUT2D eigenvalue weighted by molar-refractivity contribution is 8.00. The number of carbonyl (C=O) groups excluding carboxylic acids is 2. The normalized spacial score (nSPS) is 34.5. The number of pyridine rings is 1. The van der Waals surface area contributed by atoms with Crippen molar-refractivity contribution in [3.8, 4) is 0 Å². The molecular formula is C24H19N3O2S3. The van der Waals surface area contributed by atoms with Gasteiger partial charge in [-0.1, -0.05) is 24.3 Å². The summed E-state index contributed by atoms with van der Waals surface area (Å²) >= 11 is 8.98. The zero-order valence-electron chi connectivity index (χ0n) is 16.9. The van der Waals surface area contributed by atoms with Gasteiger partial charge in [-0.15, -0.1) is 23.1 Å². The molecule has 7 rings (SSSR count). The number of nitrogens with zero attached hydrogens (tertiary/aromatic N) is 2. The van der Waals surface area contributed by atoms with Crippen LogP contribution in [-0.4, -0.2) is 27.0 Å². The van der Waals surface area contributed by atoms with Gasteiger partial charge in [0.05, 0.1) is 22.5 Å². The monoisotopic (exact) mass is 477 g/mol. The van der Waals surface area contributed by atoms with Gasteiger partial charge in [-0.25, -0.2) is 0 Å². The standard InChI is InChI=1S/C24H19N3O2S3/c28-22-17-13-9-14(18(17)23(29)27(22)12-6-2-1-3-7-12)19-16(13)15(11-5-4-8-25-10-11)20-21(31-19)26-24(30)32-20/h1-8,10,13-19H,9H2,(H,26,30). The Hall–Kier alpha value is -2.29. The fourth-order valence-corrected chi connectivity index (χ4v) is 10.1. The summed E-state index contributed by atoms with van der Waals surface area (Å²) in [6.45, 7) is 0. The number of aromatic nitrogens is 2. The Morgan fingerprint density at radius 2 is 1.81 bits per heavy atom. The van der Waals surface area contributed by atoms with Crippen LogP contribution in [0.15, 0.2) is 59.9 Å². The molecule has 2 bridgehead atoms. The van der Waals surface area contributed by atoms with Gasteiger partial charge in [0.25, 0.3) is 0 Å². The van der Waals surface area contributed by atoms with Crippen LogP contribution in [-0.2, 0) is 9.59 Å². The number of thiazole rings is 1. The molecule has 0 radical (unpaired) electrons. The van der Waals surface area contributed by atoms with E-state index in [-0.39, 0.29) is 41.4 Å². The number of imide groups is 1. The van der Waals surface area contributed by atoms with Crippen LogP contribution in [0.4, 0.5) is 5.69 Å². The molecule has 7 atom stereocenters. The Morgan fingerprint density at radius 3 is 2.56 bits per heavy atom. The van der Waals surface area contributed by atoms with Gasteiger partial charge in [-0.05, 0) is 60.2 Å². The Kier molecular flexibility index (Phi) is 4.11. The van der Waals surface area contributed by atoms with Crippen LogP contribution in [0.2, 0.25) is 0 Å². The number of benzene rings is 1. The molecule has 3 aromatic rings. The average molecular weight is 478 g/mol. The van der Waals surface area contributed by atoms with Crippen LogP contribution in [0.3, 0.4) is 0 Å². The predicted molar refractivity (Wildman–Crippen MR) is 126 cm³/mol. The van der Waals surface area contributed by atoms with E-state index >= 15 is 0 Å². The lowest BCUT2D eigenvalue weighted by Gasteiger charge is -2.42. The summed E-state index contributed by atoms with van der Waals surface area (Å²) in [6, 6.07) is 13.5. The number of aromatic amines is 1. The molecule has 7 unspecified atom stereocenters. The molecule has 1 saturated heterocycles. The summed E-state index contributed by atoms with van der Waals surface area (Å²) in [7, 11) is 0. The lowest BCUT2D eigenvalue weighted by Crippen LogP contribution is -2.42. The summed E-state index contributed by atoms with van der Waals surface area (Å²) in [5, 5.41) is 1.43. The summed E-state index contributed by atoms with van der Waals surface area (Å²) in [5.41, 5.74) is 1.87.